The summed E-state index contributed by atoms with van der Waals surface area (Å²) < 4.78 is 7.69. The standard InChI is InChI=1S/C24H27N3O3/c1-3-26(4-2)23(28)15-27-12-11-17-14-20(9-10-21(17)27)25-24(29)19-13-18-7-5-6-8-22(18)30-16-19/h5-12,14,19H,3-4,13,15-16H2,1-2H3,(H,25,29). The van der Waals surface area contributed by atoms with Gasteiger partial charge in [0.15, 0.2) is 0 Å². The van der Waals surface area contributed by atoms with Crippen LogP contribution in [0.4, 0.5) is 5.69 Å². The Hall–Kier alpha value is -3.28. The number of amides is 2. The van der Waals surface area contributed by atoms with Gasteiger partial charge in [-0.1, -0.05) is 18.2 Å². The molecule has 0 radical (unpaired) electrons. The second-order valence-electron chi connectivity index (χ2n) is 7.59. The average molecular weight is 405 g/mol. The molecule has 0 fully saturated rings. The van der Waals surface area contributed by atoms with Crippen molar-refractivity contribution in [3.05, 3.63) is 60.3 Å². The fourth-order valence-corrected chi connectivity index (χ4v) is 3.98. The molecule has 0 saturated carbocycles. The van der Waals surface area contributed by atoms with Crippen molar-refractivity contribution in [2.24, 2.45) is 5.92 Å². The van der Waals surface area contributed by atoms with Gasteiger partial charge in [-0.15, -0.1) is 0 Å². The Morgan fingerprint density at radius 1 is 1.13 bits per heavy atom. The van der Waals surface area contributed by atoms with Gasteiger partial charge in [0.1, 0.15) is 18.9 Å². The van der Waals surface area contributed by atoms with Crippen LogP contribution in [0.15, 0.2) is 54.7 Å². The number of para-hydroxylation sites is 1. The van der Waals surface area contributed by atoms with E-state index in [1.165, 1.54) is 0 Å². The molecule has 1 atom stereocenters. The lowest BCUT2D eigenvalue weighted by molar-refractivity contribution is -0.131. The van der Waals surface area contributed by atoms with E-state index in [1.54, 1.807) is 0 Å². The zero-order valence-corrected chi connectivity index (χ0v) is 17.4. The highest BCUT2D eigenvalue weighted by molar-refractivity contribution is 5.95. The molecule has 0 spiro atoms. The fraction of sp³-hybridized carbons (Fsp3) is 0.333. The van der Waals surface area contributed by atoms with Crippen molar-refractivity contribution in [2.75, 3.05) is 25.0 Å². The quantitative estimate of drug-likeness (QED) is 0.680. The van der Waals surface area contributed by atoms with Gasteiger partial charge in [-0.05, 0) is 56.2 Å². The van der Waals surface area contributed by atoms with Crippen LogP contribution >= 0.6 is 0 Å². The Morgan fingerprint density at radius 2 is 1.93 bits per heavy atom. The summed E-state index contributed by atoms with van der Waals surface area (Å²) in [5.41, 5.74) is 2.79. The lowest BCUT2D eigenvalue weighted by Gasteiger charge is -2.24. The van der Waals surface area contributed by atoms with Crippen molar-refractivity contribution in [1.82, 2.24) is 9.47 Å². The molecule has 0 saturated heterocycles. The molecule has 2 aromatic carbocycles. The highest BCUT2D eigenvalue weighted by Crippen LogP contribution is 2.28. The SMILES string of the molecule is CCN(CC)C(=O)Cn1ccc2cc(NC(=O)C3COc4ccccc4C3)ccc21. The number of rotatable bonds is 6. The Morgan fingerprint density at radius 3 is 2.73 bits per heavy atom. The molecule has 2 amide bonds. The number of ether oxygens (including phenoxy) is 1. The third kappa shape index (κ3) is 4.03. The van der Waals surface area contributed by atoms with Crippen molar-refractivity contribution < 1.29 is 14.3 Å². The Labute approximate surface area is 176 Å². The number of hydrogen-bond donors (Lipinski definition) is 1. The Bertz CT molecular complexity index is 1070. The Kier molecular flexibility index (Phi) is 5.74. The van der Waals surface area contributed by atoms with E-state index in [4.69, 9.17) is 4.74 Å². The van der Waals surface area contributed by atoms with Crippen LogP contribution in [0.2, 0.25) is 0 Å². The molecule has 0 bridgehead atoms. The van der Waals surface area contributed by atoms with E-state index in [0.717, 1.165) is 27.9 Å². The normalized spacial score (nSPS) is 15.3. The number of likely N-dealkylation sites (N-methyl/N-ethyl adjacent to an activating group) is 1. The summed E-state index contributed by atoms with van der Waals surface area (Å²) in [6.07, 6.45) is 2.59. The number of nitrogens with zero attached hydrogens (tertiary/aromatic N) is 2. The van der Waals surface area contributed by atoms with E-state index in [2.05, 4.69) is 5.32 Å². The fourth-order valence-electron chi connectivity index (χ4n) is 3.98. The van der Waals surface area contributed by atoms with Crippen molar-refractivity contribution >= 4 is 28.4 Å². The highest BCUT2D eigenvalue weighted by Gasteiger charge is 2.26. The van der Waals surface area contributed by atoms with E-state index in [9.17, 15) is 9.59 Å². The highest BCUT2D eigenvalue weighted by atomic mass is 16.5. The predicted octanol–water partition coefficient (Wildman–Crippen LogP) is 3.70. The average Bonchev–Trinajstić information content (AvgIpc) is 3.16. The van der Waals surface area contributed by atoms with E-state index in [-0.39, 0.29) is 17.7 Å². The molecule has 6 heteroatoms. The maximum atomic E-state index is 12.8. The van der Waals surface area contributed by atoms with Gasteiger partial charge in [-0.25, -0.2) is 0 Å². The minimum atomic E-state index is -0.216. The number of carbonyl (C=O) groups is 2. The Balaban J connectivity index is 1.44. The largest absolute Gasteiger partial charge is 0.492 e. The molecular weight excluding hydrogens is 378 g/mol. The first-order valence-electron chi connectivity index (χ1n) is 10.5. The van der Waals surface area contributed by atoms with Gasteiger partial charge in [0.2, 0.25) is 11.8 Å². The van der Waals surface area contributed by atoms with Crippen LogP contribution in [0.25, 0.3) is 10.9 Å². The van der Waals surface area contributed by atoms with Gasteiger partial charge in [0.25, 0.3) is 0 Å². The molecule has 1 unspecified atom stereocenters. The number of carbonyl (C=O) groups excluding carboxylic acids is 2. The first kappa shape index (κ1) is 20.0. The van der Waals surface area contributed by atoms with Gasteiger partial charge < -0.3 is 19.5 Å². The topological polar surface area (TPSA) is 63.6 Å². The van der Waals surface area contributed by atoms with Crippen molar-refractivity contribution in [1.29, 1.82) is 0 Å². The third-order valence-electron chi connectivity index (χ3n) is 5.71. The predicted molar refractivity (Wildman–Crippen MR) is 118 cm³/mol. The van der Waals surface area contributed by atoms with Gasteiger partial charge in [0, 0.05) is 35.9 Å². The summed E-state index contributed by atoms with van der Waals surface area (Å²) in [4.78, 5) is 27.0. The number of fused-ring (bicyclic) bond motifs is 2. The third-order valence-corrected chi connectivity index (χ3v) is 5.71. The van der Waals surface area contributed by atoms with Gasteiger partial charge in [-0.3, -0.25) is 9.59 Å². The number of nitrogens with one attached hydrogen (secondary N) is 1. The summed E-state index contributed by atoms with van der Waals surface area (Å²) >= 11 is 0. The molecule has 0 aliphatic carbocycles. The lowest BCUT2D eigenvalue weighted by Crippen LogP contribution is -2.33. The second kappa shape index (κ2) is 8.61. The minimum absolute atomic E-state index is 0.0417. The number of anilines is 1. The van der Waals surface area contributed by atoms with Gasteiger partial charge >= 0.3 is 0 Å². The van der Waals surface area contributed by atoms with E-state index < -0.39 is 0 Å². The molecule has 6 nitrogen and oxygen atoms in total. The molecule has 1 aliphatic heterocycles. The molecule has 156 valence electrons. The molecular formula is C24H27N3O3. The monoisotopic (exact) mass is 405 g/mol. The second-order valence-corrected chi connectivity index (χ2v) is 7.59. The first-order valence-corrected chi connectivity index (χ1v) is 10.5. The first-order chi connectivity index (χ1) is 14.6. The van der Waals surface area contributed by atoms with Gasteiger partial charge in [0.05, 0.1) is 5.92 Å². The lowest BCUT2D eigenvalue weighted by atomic mass is 9.96. The molecule has 1 N–H and O–H groups in total. The molecule has 3 aromatic rings. The summed E-state index contributed by atoms with van der Waals surface area (Å²) in [5.74, 6) is 0.711. The van der Waals surface area contributed by atoms with Crippen molar-refractivity contribution in [3.8, 4) is 5.75 Å². The zero-order chi connectivity index (χ0) is 21.1. The maximum absolute atomic E-state index is 12.8. The number of benzene rings is 2. The summed E-state index contributed by atoms with van der Waals surface area (Å²) in [6.45, 7) is 6.09. The molecule has 4 rings (SSSR count). The summed E-state index contributed by atoms with van der Waals surface area (Å²) in [6, 6.07) is 15.6. The van der Waals surface area contributed by atoms with E-state index >= 15 is 0 Å². The van der Waals surface area contributed by atoms with E-state index in [1.807, 2.05) is 78.0 Å². The van der Waals surface area contributed by atoms with Crippen LogP contribution in [0.5, 0.6) is 5.75 Å². The van der Waals surface area contributed by atoms with E-state index in [0.29, 0.717) is 32.7 Å². The van der Waals surface area contributed by atoms with Crippen LogP contribution in [-0.2, 0) is 22.6 Å². The maximum Gasteiger partial charge on any atom is 0.242 e. The van der Waals surface area contributed by atoms with Crippen LogP contribution in [-0.4, -0.2) is 41.0 Å². The minimum Gasteiger partial charge on any atom is -0.492 e. The summed E-state index contributed by atoms with van der Waals surface area (Å²) in [5, 5.41) is 4.01. The zero-order valence-electron chi connectivity index (χ0n) is 17.4. The van der Waals surface area contributed by atoms with Crippen molar-refractivity contribution in [3.63, 3.8) is 0 Å². The van der Waals surface area contributed by atoms with Crippen LogP contribution in [0.3, 0.4) is 0 Å². The number of aromatic nitrogens is 1. The molecule has 1 aromatic heterocycles. The smallest absolute Gasteiger partial charge is 0.242 e. The van der Waals surface area contributed by atoms with Crippen LogP contribution in [0.1, 0.15) is 19.4 Å². The molecule has 2 heterocycles. The molecule has 30 heavy (non-hydrogen) atoms. The summed E-state index contributed by atoms with van der Waals surface area (Å²) in [7, 11) is 0. The van der Waals surface area contributed by atoms with Crippen LogP contribution in [0, 0.1) is 5.92 Å². The van der Waals surface area contributed by atoms with Crippen molar-refractivity contribution in [2.45, 2.75) is 26.8 Å². The van der Waals surface area contributed by atoms with Crippen LogP contribution < -0.4 is 10.1 Å². The number of hydrogen-bond acceptors (Lipinski definition) is 3. The molecule has 1 aliphatic rings. The van der Waals surface area contributed by atoms with Gasteiger partial charge in [-0.2, -0.15) is 0 Å².